The van der Waals surface area contributed by atoms with Crippen molar-refractivity contribution in [2.24, 2.45) is 5.92 Å². The van der Waals surface area contributed by atoms with Gasteiger partial charge in [0.25, 0.3) is 0 Å². The summed E-state index contributed by atoms with van der Waals surface area (Å²) in [6.07, 6.45) is 5.06. The van der Waals surface area contributed by atoms with Gasteiger partial charge in [-0.25, -0.2) is 0 Å². The van der Waals surface area contributed by atoms with Gasteiger partial charge in [-0.1, -0.05) is 30.3 Å². The fraction of sp³-hybridized carbons (Fsp3) is 0.412. The smallest absolute Gasteiger partial charge is 0.0701 e. The minimum absolute atomic E-state index is 0.684. The molecule has 20 heavy (non-hydrogen) atoms. The van der Waals surface area contributed by atoms with Crippen molar-refractivity contribution in [3.05, 3.63) is 56.7 Å². The molecule has 0 amide bonds. The SMILES string of the molecule is Brc1ccc(CC(CNC2CC2)Cc2ccccc2)s1. The summed E-state index contributed by atoms with van der Waals surface area (Å²) in [5.74, 6) is 0.684. The quantitative estimate of drug-likeness (QED) is 0.766. The highest BCUT2D eigenvalue weighted by atomic mass is 79.9. The standard InChI is InChI=1S/C17H20BrNS/c18-17-9-8-16(20-17)11-14(12-19-15-6-7-15)10-13-4-2-1-3-5-13/h1-5,8-9,14-15,19H,6-7,10-12H2. The molecule has 1 heterocycles. The second-order valence-corrected chi connectivity index (χ2v) is 8.20. The van der Waals surface area contributed by atoms with Gasteiger partial charge in [0.05, 0.1) is 3.79 Å². The van der Waals surface area contributed by atoms with Crippen molar-refractivity contribution in [2.45, 2.75) is 31.7 Å². The molecule has 1 fully saturated rings. The van der Waals surface area contributed by atoms with Crippen LogP contribution in [0.25, 0.3) is 0 Å². The number of hydrogen-bond acceptors (Lipinski definition) is 2. The summed E-state index contributed by atoms with van der Waals surface area (Å²) >= 11 is 5.43. The number of nitrogens with one attached hydrogen (secondary N) is 1. The predicted octanol–water partition coefficient (Wildman–Crippen LogP) is 4.66. The van der Waals surface area contributed by atoms with E-state index in [0.29, 0.717) is 5.92 Å². The summed E-state index contributed by atoms with van der Waals surface area (Å²) in [4.78, 5) is 1.48. The van der Waals surface area contributed by atoms with Gasteiger partial charge in [-0.15, -0.1) is 11.3 Å². The van der Waals surface area contributed by atoms with Gasteiger partial charge in [-0.2, -0.15) is 0 Å². The minimum atomic E-state index is 0.684. The molecular formula is C17H20BrNS. The molecule has 3 rings (SSSR count). The van der Waals surface area contributed by atoms with Crippen LogP contribution in [0.1, 0.15) is 23.3 Å². The van der Waals surface area contributed by atoms with Crippen LogP contribution in [-0.4, -0.2) is 12.6 Å². The van der Waals surface area contributed by atoms with Crippen LogP contribution < -0.4 is 5.32 Å². The molecule has 1 aliphatic rings. The lowest BCUT2D eigenvalue weighted by atomic mass is 9.95. The lowest BCUT2D eigenvalue weighted by Crippen LogP contribution is -2.27. The second-order valence-electron chi connectivity index (χ2n) is 5.65. The van der Waals surface area contributed by atoms with E-state index in [0.717, 1.165) is 19.0 Å². The fourth-order valence-electron chi connectivity index (χ4n) is 2.53. The number of benzene rings is 1. The van der Waals surface area contributed by atoms with Gasteiger partial charge in [-0.3, -0.25) is 0 Å². The van der Waals surface area contributed by atoms with E-state index in [9.17, 15) is 0 Å². The minimum Gasteiger partial charge on any atom is -0.314 e. The lowest BCUT2D eigenvalue weighted by molar-refractivity contribution is 0.471. The molecule has 2 aromatic rings. The number of rotatable bonds is 7. The van der Waals surface area contributed by atoms with Crippen LogP contribution in [0, 0.1) is 5.92 Å². The van der Waals surface area contributed by atoms with Gasteiger partial charge in [-0.05, 0) is 71.8 Å². The molecule has 1 nitrogen and oxygen atoms in total. The maximum Gasteiger partial charge on any atom is 0.0701 e. The molecule has 1 N–H and O–H groups in total. The zero-order chi connectivity index (χ0) is 13.8. The van der Waals surface area contributed by atoms with Gasteiger partial charge in [0.15, 0.2) is 0 Å². The number of thiophene rings is 1. The summed E-state index contributed by atoms with van der Waals surface area (Å²) in [5, 5.41) is 3.70. The van der Waals surface area contributed by atoms with Crippen molar-refractivity contribution in [3.8, 4) is 0 Å². The van der Waals surface area contributed by atoms with E-state index < -0.39 is 0 Å². The Labute approximate surface area is 133 Å². The molecule has 0 spiro atoms. The largest absolute Gasteiger partial charge is 0.314 e. The highest BCUT2D eigenvalue weighted by Gasteiger charge is 2.22. The van der Waals surface area contributed by atoms with Crippen molar-refractivity contribution in [1.29, 1.82) is 0 Å². The van der Waals surface area contributed by atoms with Crippen molar-refractivity contribution < 1.29 is 0 Å². The molecule has 1 aromatic carbocycles. The van der Waals surface area contributed by atoms with Crippen LogP contribution in [0.5, 0.6) is 0 Å². The first-order valence-electron chi connectivity index (χ1n) is 7.31. The summed E-state index contributed by atoms with van der Waals surface area (Å²) in [6, 6.07) is 16.1. The van der Waals surface area contributed by atoms with E-state index in [1.54, 1.807) is 0 Å². The fourth-order valence-corrected chi connectivity index (χ4v) is 4.13. The summed E-state index contributed by atoms with van der Waals surface area (Å²) in [5.41, 5.74) is 1.45. The average molecular weight is 350 g/mol. The highest BCUT2D eigenvalue weighted by molar-refractivity contribution is 9.11. The molecule has 1 atom stereocenters. The summed E-state index contributed by atoms with van der Waals surface area (Å²) in [7, 11) is 0. The Kier molecular flexibility index (Phi) is 4.92. The molecule has 1 saturated carbocycles. The van der Waals surface area contributed by atoms with Crippen molar-refractivity contribution >= 4 is 27.3 Å². The van der Waals surface area contributed by atoms with Crippen molar-refractivity contribution in [2.75, 3.05) is 6.54 Å². The third kappa shape index (κ3) is 4.44. The molecular weight excluding hydrogens is 330 g/mol. The second kappa shape index (κ2) is 6.88. The first kappa shape index (κ1) is 14.3. The van der Waals surface area contributed by atoms with Crippen LogP contribution in [0.15, 0.2) is 46.3 Å². The third-order valence-corrected chi connectivity index (χ3v) is 5.40. The average Bonchev–Trinajstić information content (AvgIpc) is 3.20. The van der Waals surface area contributed by atoms with Crippen LogP contribution in [-0.2, 0) is 12.8 Å². The molecule has 0 aliphatic heterocycles. The summed E-state index contributed by atoms with van der Waals surface area (Å²) in [6.45, 7) is 1.13. The number of hydrogen-bond donors (Lipinski definition) is 1. The zero-order valence-corrected chi connectivity index (χ0v) is 13.9. The predicted molar refractivity (Wildman–Crippen MR) is 90.4 cm³/mol. The van der Waals surface area contributed by atoms with Crippen LogP contribution in [0.4, 0.5) is 0 Å². The molecule has 0 radical (unpaired) electrons. The Morgan fingerprint density at radius 1 is 1.10 bits per heavy atom. The Balaban J connectivity index is 1.62. The van der Waals surface area contributed by atoms with Gasteiger partial charge < -0.3 is 5.32 Å². The van der Waals surface area contributed by atoms with Gasteiger partial charge >= 0.3 is 0 Å². The normalized spacial score (nSPS) is 16.2. The van der Waals surface area contributed by atoms with E-state index >= 15 is 0 Å². The van der Waals surface area contributed by atoms with Crippen LogP contribution in [0.2, 0.25) is 0 Å². The Hall–Kier alpha value is -0.640. The van der Waals surface area contributed by atoms with E-state index in [1.165, 1.54) is 33.5 Å². The molecule has 1 aromatic heterocycles. The molecule has 0 saturated heterocycles. The van der Waals surface area contributed by atoms with Crippen molar-refractivity contribution in [1.82, 2.24) is 5.32 Å². The molecule has 0 bridgehead atoms. The highest BCUT2D eigenvalue weighted by Crippen LogP contribution is 2.26. The van der Waals surface area contributed by atoms with Gasteiger partial charge in [0, 0.05) is 10.9 Å². The Morgan fingerprint density at radius 3 is 2.55 bits per heavy atom. The molecule has 1 unspecified atom stereocenters. The topological polar surface area (TPSA) is 12.0 Å². The van der Waals surface area contributed by atoms with E-state index in [1.807, 2.05) is 11.3 Å². The van der Waals surface area contributed by atoms with E-state index in [4.69, 9.17) is 0 Å². The first-order valence-corrected chi connectivity index (χ1v) is 8.92. The Morgan fingerprint density at radius 2 is 1.90 bits per heavy atom. The third-order valence-electron chi connectivity index (χ3n) is 3.76. The summed E-state index contributed by atoms with van der Waals surface area (Å²) < 4.78 is 1.24. The van der Waals surface area contributed by atoms with Gasteiger partial charge in [0.1, 0.15) is 0 Å². The zero-order valence-electron chi connectivity index (χ0n) is 11.5. The van der Waals surface area contributed by atoms with E-state index in [2.05, 4.69) is 63.7 Å². The monoisotopic (exact) mass is 349 g/mol. The van der Waals surface area contributed by atoms with Crippen molar-refractivity contribution in [3.63, 3.8) is 0 Å². The molecule has 106 valence electrons. The van der Waals surface area contributed by atoms with Gasteiger partial charge in [0.2, 0.25) is 0 Å². The maximum atomic E-state index is 3.70. The number of halogens is 1. The van der Waals surface area contributed by atoms with Crippen LogP contribution in [0.3, 0.4) is 0 Å². The first-order chi connectivity index (χ1) is 9.79. The molecule has 3 heteroatoms. The maximum absolute atomic E-state index is 3.70. The Bertz CT molecular complexity index is 533. The van der Waals surface area contributed by atoms with E-state index in [-0.39, 0.29) is 0 Å². The molecule has 1 aliphatic carbocycles. The van der Waals surface area contributed by atoms with Crippen LogP contribution >= 0.6 is 27.3 Å². The lowest BCUT2D eigenvalue weighted by Gasteiger charge is -2.17.